The first-order valence-electron chi connectivity index (χ1n) is 13.6. The molecule has 3 N–H and O–H groups in total. The van der Waals surface area contributed by atoms with Crippen molar-refractivity contribution >= 4 is 49.1 Å². The predicted molar refractivity (Wildman–Crippen MR) is 169 cm³/mol. The number of hydrogen-bond donors (Lipinski definition) is 3. The van der Waals surface area contributed by atoms with E-state index in [0.29, 0.717) is 28.1 Å². The monoisotopic (exact) mass is 574 g/mol. The Labute approximate surface area is 244 Å². The van der Waals surface area contributed by atoms with E-state index in [1.807, 2.05) is 72.8 Å². The average Bonchev–Trinajstić information content (AvgIpc) is 3.36. The second-order valence-corrected chi connectivity index (χ2v) is 12.9. The van der Waals surface area contributed by atoms with Crippen LogP contribution in [0, 0.1) is 0 Å². The SMILES string of the molecule is CC(C)(C)c1ccc(S(=O)(=O)Nc2ccc3[nH]c(C(=O)Nc4ccc5ncccc5c4)c(-c4ccccc4)c3c2)cc1. The van der Waals surface area contributed by atoms with Gasteiger partial charge in [0.15, 0.2) is 0 Å². The second kappa shape index (κ2) is 10.5. The summed E-state index contributed by atoms with van der Waals surface area (Å²) in [6, 6.07) is 31.1. The van der Waals surface area contributed by atoms with E-state index in [2.05, 4.69) is 40.8 Å². The number of rotatable bonds is 6. The van der Waals surface area contributed by atoms with Crippen molar-refractivity contribution in [3.05, 3.63) is 121 Å². The summed E-state index contributed by atoms with van der Waals surface area (Å²) in [5.41, 5.74) is 5.44. The van der Waals surface area contributed by atoms with Crippen molar-refractivity contribution in [2.75, 3.05) is 10.0 Å². The highest BCUT2D eigenvalue weighted by Crippen LogP contribution is 2.35. The molecule has 0 saturated carbocycles. The van der Waals surface area contributed by atoms with Crippen molar-refractivity contribution < 1.29 is 13.2 Å². The van der Waals surface area contributed by atoms with E-state index < -0.39 is 10.0 Å². The molecule has 0 aliphatic rings. The van der Waals surface area contributed by atoms with Crippen molar-refractivity contribution in [2.45, 2.75) is 31.1 Å². The Balaban J connectivity index is 1.37. The van der Waals surface area contributed by atoms with Gasteiger partial charge in [-0.3, -0.25) is 14.5 Å². The number of carbonyl (C=O) groups is 1. The van der Waals surface area contributed by atoms with Gasteiger partial charge in [0.2, 0.25) is 0 Å². The number of amides is 1. The van der Waals surface area contributed by atoms with Crippen LogP contribution in [0.4, 0.5) is 11.4 Å². The molecule has 0 fully saturated rings. The molecule has 0 bridgehead atoms. The highest BCUT2D eigenvalue weighted by molar-refractivity contribution is 7.92. The maximum Gasteiger partial charge on any atom is 0.272 e. The van der Waals surface area contributed by atoms with Crippen LogP contribution in [0.5, 0.6) is 0 Å². The number of carbonyl (C=O) groups excluding carboxylic acids is 1. The van der Waals surface area contributed by atoms with Crippen molar-refractivity contribution in [1.82, 2.24) is 9.97 Å². The molecule has 1 amide bonds. The van der Waals surface area contributed by atoms with Crippen LogP contribution in [0.2, 0.25) is 0 Å². The number of hydrogen-bond acceptors (Lipinski definition) is 4. The van der Waals surface area contributed by atoms with Gasteiger partial charge in [-0.05, 0) is 71.1 Å². The van der Waals surface area contributed by atoms with E-state index in [9.17, 15) is 13.2 Å². The van der Waals surface area contributed by atoms with Gasteiger partial charge in [-0.1, -0.05) is 69.3 Å². The van der Waals surface area contributed by atoms with Crippen LogP contribution < -0.4 is 10.0 Å². The molecule has 210 valence electrons. The molecule has 8 heteroatoms. The fraction of sp³-hybridized carbons (Fsp3) is 0.118. The third-order valence-electron chi connectivity index (χ3n) is 7.23. The average molecular weight is 575 g/mol. The van der Waals surface area contributed by atoms with Crippen molar-refractivity contribution in [3.8, 4) is 11.1 Å². The van der Waals surface area contributed by atoms with E-state index in [1.54, 1.807) is 36.5 Å². The minimum absolute atomic E-state index is 0.0849. The van der Waals surface area contributed by atoms with E-state index in [0.717, 1.165) is 27.4 Å². The van der Waals surface area contributed by atoms with Crippen LogP contribution in [-0.2, 0) is 15.4 Å². The molecule has 0 spiro atoms. The minimum Gasteiger partial charge on any atom is -0.350 e. The zero-order valence-electron chi connectivity index (χ0n) is 23.5. The summed E-state index contributed by atoms with van der Waals surface area (Å²) >= 11 is 0. The van der Waals surface area contributed by atoms with Crippen molar-refractivity contribution in [2.24, 2.45) is 0 Å². The number of H-pyrrole nitrogens is 1. The maximum atomic E-state index is 13.6. The zero-order valence-corrected chi connectivity index (χ0v) is 24.3. The van der Waals surface area contributed by atoms with Crippen LogP contribution in [0.25, 0.3) is 32.9 Å². The number of pyridine rings is 1. The Kier molecular flexibility index (Phi) is 6.79. The fourth-order valence-electron chi connectivity index (χ4n) is 5.03. The molecule has 0 saturated heterocycles. The lowest BCUT2D eigenvalue weighted by molar-refractivity contribution is 0.102. The Morgan fingerprint density at radius 1 is 0.810 bits per heavy atom. The number of aromatic nitrogens is 2. The second-order valence-electron chi connectivity index (χ2n) is 11.2. The Bertz CT molecular complexity index is 2040. The lowest BCUT2D eigenvalue weighted by Gasteiger charge is -2.19. The number of benzene rings is 4. The number of fused-ring (bicyclic) bond motifs is 2. The first kappa shape index (κ1) is 27.2. The smallest absolute Gasteiger partial charge is 0.272 e. The van der Waals surface area contributed by atoms with Crippen LogP contribution in [0.3, 0.4) is 0 Å². The Morgan fingerprint density at radius 2 is 1.55 bits per heavy atom. The molecular weight excluding hydrogens is 544 g/mol. The summed E-state index contributed by atoms with van der Waals surface area (Å²) in [6.07, 6.45) is 1.73. The van der Waals surface area contributed by atoms with Crippen LogP contribution in [0.1, 0.15) is 36.8 Å². The van der Waals surface area contributed by atoms with E-state index in [-0.39, 0.29) is 16.2 Å². The Hall–Kier alpha value is -4.95. The molecule has 4 aromatic carbocycles. The standard InChI is InChI=1S/C34H30N4O3S/c1-34(2,3)24-11-15-27(16-12-24)42(40,41)38-26-14-18-30-28(21-26)31(22-8-5-4-6-9-22)32(37-30)33(39)36-25-13-17-29-23(20-25)10-7-19-35-29/h4-21,37-38H,1-3H3,(H,36,39). The van der Waals surface area contributed by atoms with E-state index >= 15 is 0 Å². The van der Waals surface area contributed by atoms with Crippen LogP contribution in [0.15, 0.2) is 114 Å². The minimum atomic E-state index is -3.83. The summed E-state index contributed by atoms with van der Waals surface area (Å²) < 4.78 is 29.3. The van der Waals surface area contributed by atoms with Gasteiger partial charge in [-0.2, -0.15) is 0 Å². The molecule has 0 radical (unpaired) electrons. The molecule has 2 heterocycles. The number of nitrogens with zero attached hydrogens (tertiary/aromatic N) is 1. The topological polar surface area (TPSA) is 104 Å². The third-order valence-corrected chi connectivity index (χ3v) is 8.63. The van der Waals surface area contributed by atoms with Crippen molar-refractivity contribution in [1.29, 1.82) is 0 Å². The number of anilines is 2. The molecule has 2 aromatic heterocycles. The number of aromatic amines is 1. The molecule has 0 aliphatic carbocycles. The number of nitrogens with one attached hydrogen (secondary N) is 3. The first-order chi connectivity index (χ1) is 20.1. The maximum absolute atomic E-state index is 13.6. The summed E-state index contributed by atoms with van der Waals surface area (Å²) in [5, 5.41) is 4.64. The molecule has 6 aromatic rings. The van der Waals surface area contributed by atoms with Gasteiger partial charge < -0.3 is 10.3 Å². The largest absolute Gasteiger partial charge is 0.350 e. The van der Waals surface area contributed by atoms with Crippen molar-refractivity contribution in [3.63, 3.8) is 0 Å². The molecule has 7 nitrogen and oxygen atoms in total. The lowest BCUT2D eigenvalue weighted by Crippen LogP contribution is -2.14. The molecule has 0 aliphatic heterocycles. The zero-order chi connectivity index (χ0) is 29.5. The molecule has 6 rings (SSSR count). The van der Waals surface area contributed by atoms with Gasteiger partial charge in [0.25, 0.3) is 15.9 Å². The van der Waals surface area contributed by atoms with Gasteiger partial charge >= 0.3 is 0 Å². The third kappa shape index (κ3) is 5.36. The van der Waals surface area contributed by atoms with Gasteiger partial charge in [-0.25, -0.2) is 8.42 Å². The molecule has 0 unspecified atom stereocenters. The lowest BCUT2D eigenvalue weighted by atomic mass is 9.87. The van der Waals surface area contributed by atoms with Crippen LogP contribution >= 0.6 is 0 Å². The highest BCUT2D eigenvalue weighted by Gasteiger charge is 2.22. The molecular formula is C34H30N4O3S. The highest BCUT2D eigenvalue weighted by atomic mass is 32.2. The van der Waals surface area contributed by atoms with E-state index in [1.165, 1.54) is 0 Å². The summed E-state index contributed by atoms with van der Waals surface area (Å²) in [4.78, 5) is 21.4. The summed E-state index contributed by atoms with van der Waals surface area (Å²) in [7, 11) is -3.83. The van der Waals surface area contributed by atoms with Gasteiger partial charge in [0.1, 0.15) is 5.69 Å². The van der Waals surface area contributed by atoms with Gasteiger partial charge in [0, 0.05) is 39.4 Å². The predicted octanol–water partition coefficient (Wildman–Crippen LogP) is 7.73. The molecule has 0 atom stereocenters. The van der Waals surface area contributed by atoms with Crippen LogP contribution in [-0.4, -0.2) is 24.3 Å². The summed E-state index contributed by atoms with van der Waals surface area (Å²) in [6.45, 7) is 6.25. The molecule has 42 heavy (non-hydrogen) atoms. The fourth-order valence-corrected chi connectivity index (χ4v) is 6.08. The summed E-state index contributed by atoms with van der Waals surface area (Å²) in [5.74, 6) is -0.311. The first-order valence-corrected chi connectivity index (χ1v) is 15.1. The van der Waals surface area contributed by atoms with Gasteiger partial charge in [-0.15, -0.1) is 0 Å². The quantitative estimate of drug-likeness (QED) is 0.189. The normalized spacial score (nSPS) is 12.0. The van der Waals surface area contributed by atoms with E-state index in [4.69, 9.17) is 0 Å². The Morgan fingerprint density at radius 3 is 2.29 bits per heavy atom. The number of sulfonamides is 1. The van der Waals surface area contributed by atoms with Gasteiger partial charge in [0.05, 0.1) is 10.4 Å².